The summed E-state index contributed by atoms with van der Waals surface area (Å²) in [6, 6.07) is 16.2. The van der Waals surface area contributed by atoms with E-state index < -0.39 is 5.91 Å². The molecule has 1 heterocycles. The highest BCUT2D eigenvalue weighted by Gasteiger charge is 2.17. The molecule has 0 bridgehead atoms. The molecule has 5 N–H and O–H groups in total. The Bertz CT molecular complexity index is 1100. The molecular formula is C21H20N2O3. The summed E-state index contributed by atoms with van der Waals surface area (Å²) in [5.41, 5.74) is 8.95. The van der Waals surface area contributed by atoms with Crippen LogP contribution in [0, 0.1) is 0 Å². The molecular weight excluding hydrogens is 328 g/mol. The molecule has 0 aliphatic heterocycles. The molecule has 0 unspecified atom stereocenters. The molecule has 3 aromatic carbocycles. The van der Waals surface area contributed by atoms with Crippen molar-refractivity contribution in [2.24, 2.45) is 5.73 Å². The van der Waals surface area contributed by atoms with E-state index in [0.717, 1.165) is 16.5 Å². The third-order valence-corrected chi connectivity index (χ3v) is 4.20. The van der Waals surface area contributed by atoms with Crippen LogP contribution in [-0.2, 0) is 0 Å². The van der Waals surface area contributed by atoms with E-state index in [1.54, 1.807) is 6.07 Å². The third-order valence-electron chi connectivity index (χ3n) is 4.20. The summed E-state index contributed by atoms with van der Waals surface area (Å²) < 4.78 is 0. The Hall–Kier alpha value is -3.47. The van der Waals surface area contributed by atoms with Crippen molar-refractivity contribution in [1.29, 1.82) is 0 Å². The number of aromatic nitrogens is 1. The van der Waals surface area contributed by atoms with Gasteiger partial charge in [-0.15, -0.1) is 0 Å². The van der Waals surface area contributed by atoms with Crippen molar-refractivity contribution in [3.63, 3.8) is 0 Å². The van der Waals surface area contributed by atoms with Crippen molar-refractivity contribution < 1.29 is 15.0 Å². The van der Waals surface area contributed by atoms with Crippen molar-refractivity contribution >= 4 is 27.7 Å². The molecule has 5 heteroatoms. The van der Waals surface area contributed by atoms with E-state index in [1.807, 2.05) is 50.2 Å². The Kier molecular flexibility index (Phi) is 4.54. The first-order valence-electron chi connectivity index (χ1n) is 8.42. The van der Waals surface area contributed by atoms with Gasteiger partial charge in [0, 0.05) is 16.8 Å². The molecule has 0 radical (unpaired) electrons. The number of aromatic hydroxyl groups is 2. The number of H-pyrrole nitrogens is 1. The lowest BCUT2D eigenvalue weighted by atomic mass is 9.97. The van der Waals surface area contributed by atoms with E-state index >= 15 is 0 Å². The Morgan fingerprint density at radius 3 is 2.27 bits per heavy atom. The van der Waals surface area contributed by atoms with Gasteiger partial charge in [0.15, 0.2) is 11.5 Å². The zero-order valence-corrected chi connectivity index (χ0v) is 14.6. The fourth-order valence-electron chi connectivity index (χ4n) is 3.10. The number of nitrogens with one attached hydrogen (secondary N) is 1. The van der Waals surface area contributed by atoms with Gasteiger partial charge < -0.3 is 20.9 Å². The number of phenolic OH excluding ortho intramolecular Hbond substituents is 2. The van der Waals surface area contributed by atoms with Crippen molar-refractivity contribution in [3.05, 3.63) is 60.2 Å². The number of amides is 1. The van der Waals surface area contributed by atoms with Crippen molar-refractivity contribution in [1.82, 2.24) is 4.98 Å². The van der Waals surface area contributed by atoms with E-state index in [2.05, 4.69) is 4.98 Å². The molecule has 0 atom stereocenters. The average molecular weight is 348 g/mol. The lowest BCUT2D eigenvalue weighted by Gasteiger charge is -2.07. The first-order valence-corrected chi connectivity index (χ1v) is 8.42. The van der Waals surface area contributed by atoms with Gasteiger partial charge in [-0.1, -0.05) is 50.2 Å². The molecule has 26 heavy (non-hydrogen) atoms. The van der Waals surface area contributed by atoms with Gasteiger partial charge in [-0.2, -0.15) is 0 Å². The predicted octanol–water partition coefficient (Wildman–Crippen LogP) is 4.52. The topological polar surface area (TPSA) is 99.3 Å². The summed E-state index contributed by atoms with van der Waals surface area (Å²) >= 11 is 0. The summed E-state index contributed by atoms with van der Waals surface area (Å²) in [7, 11) is 0. The Morgan fingerprint density at radius 2 is 1.62 bits per heavy atom. The average Bonchev–Trinajstić information content (AvgIpc) is 3.01. The highest BCUT2D eigenvalue weighted by atomic mass is 16.3. The third kappa shape index (κ3) is 2.73. The minimum atomic E-state index is -0.542. The van der Waals surface area contributed by atoms with Crippen LogP contribution in [0.5, 0.6) is 11.5 Å². The Labute approximate surface area is 150 Å². The number of hydrogen-bond acceptors (Lipinski definition) is 3. The van der Waals surface area contributed by atoms with Gasteiger partial charge in [0.05, 0.1) is 16.6 Å². The van der Waals surface area contributed by atoms with Crippen molar-refractivity contribution in [3.8, 4) is 22.6 Å². The number of carbonyl (C=O) groups excluding carboxylic acids is 1. The molecule has 0 fully saturated rings. The second-order valence-electron chi connectivity index (χ2n) is 5.65. The van der Waals surface area contributed by atoms with Crippen LogP contribution in [0.4, 0.5) is 0 Å². The number of aromatic amines is 1. The molecule has 4 aromatic rings. The maximum atomic E-state index is 11.8. The number of primary amides is 1. The van der Waals surface area contributed by atoms with Crippen molar-refractivity contribution in [2.45, 2.75) is 13.8 Å². The molecule has 132 valence electrons. The maximum absolute atomic E-state index is 11.8. The van der Waals surface area contributed by atoms with Crippen LogP contribution in [0.15, 0.2) is 54.6 Å². The van der Waals surface area contributed by atoms with E-state index in [1.165, 1.54) is 12.1 Å². The molecule has 0 spiro atoms. The van der Waals surface area contributed by atoms with Crippen LogP contribution in [0.1, 0.15) is 24.2 Å². The first-order chi connectivity index (χ1) is 12.6. The number of phenols is 2. The monoisotopic (exact) mass is 348 g/mol. The van der Waals surface area contributed by atoms with Gasteiger partial charge in [-0.3, -0.25) is 4.79 Å². The zero-order chi connectivity index (χ0) is 18.8. The number of fused-ring (bicyclic) bond motifs is 3. The SMILES string of the molecule is CC.NC(=O)c1ccc(-c2ccccc2)c2c1[nH]c1cc(O)c(O)cc12. The van der Waals surface area contributed by atoms with Gasteiger partial charge in [0.1, 0.15) is 0 Å². The van der Waals surface area contributed by atoms with Gasteiger partial charge in [-0.25, -0.2) is 0 Å². The number of carbonyl (C=O) groups is 1. The lowest BCUT2D eigenvalue weighted by Crippen LogP contribution is -2.11. The van der Waals surface area contributed by atoms with E-state index in [0.29, 0.717) is 22.0 Å². The number of nitrogens with two attached hydrogens (primary N) is 1. The highest BCUT2D eigenvalue weighted by Crippen LogP contribution is 2.40. The minimum Gasteiger partial charge on any atom is -0.504 e. The summed E-state index contributed by atoms with van der Waals surface area (Å²) in [6.07, 6.45) is 0. The van der Waals surface area contributed by atoms with Crippen molar-refractivity contribution in [2.75, 3.05) is 0 Å². The molecule has 5 nitrogen and oxygen atoms in total. The second-order valence-corrected chi connectivity index (χ2v) is 5.65. The molecule has 0 saturated heterocycles. The fourth-order valence-corrected chi connectivity index (χ4v) is 3.10. The molecule has 0 aliphatic rings. The quantitative estimate of drug-likeness (QED) is 0.401. The summed E-state index contributed by atoms with van der Waals surface area (Å²) in [5.74, 6) is -0.984. The van der Waals surface area contributed by atoms with E-state index in [9.17, 15) is 15.0 Å². The number of benzene rings is 3. The summed E-state index contributed by atoms with van der Waals surface area (Å²) in [5, 5.41) is 21.1. The predicted molar refractivity (Wildman–Crippen MR) is 104 cm³/mol. The molecule has 1 aromatic heterocycles. The second kappa shape index (κ2) is 6.80. The normalized spacial score (nSPS) is 10.5. The molecule has 1 amide bonds. The van der Waals surface area contributed by atoms with Crippen LogP contribution in [0.25, 0.3) is 32.9 Å². The van der Waals surface area contributed by atoms with E-state index in [4.69, 9.17) is 5.73 Å². The van der Waals surface area contributed by atoms with Gasteiger partial charge in [0.2, 0.25) is 0 Å². The first kappa shape index (κ1) is 17.4. The molecule has 0 saturated carbocycles. The highest BCUT2D eigenvalue weighted by molar-refractivity contribution is 6.20. The van der Waals surface area contributed by atoms with Gasteiger partial charge in [-0.05, 0) is 23.3 Å². The van der Waals surface area contributed by atoms with Crippen LogP contribution in [0.2, 0.25) is 0 Å². The number of rotatable bonds is 2. The lowest BCUT2D eigenvalue weighted by molar-refractivity contribution is 0.100. The van der Waals surface area contributed by atoms with E-state index in [-0.39, 0.29) is 11.5 Å². The Balaban J connectivity index is 0.000000948. The van der Waals surface area contributed by atoms with Crippen LogP contribution < -0.4 is 5.73 Å². The van der Waals surface area contributed by atoms with Crippen LogP contribution >= 0.6 is 0 Å². The summed E-state index contributed by atoms with van der Waals surface area (Å²) in [6.45, 7) is 4.00. The standard InChI is InChI=1S/C19H14N2O3.C2H6/c20-19(24)12-7-6-11(10-4-2-1-3-5-10)17-13-8-15(22)16(23)9-14(13)21-18(12)17;1-2/h1-9,21-23H,(H2,20,24);1-2H3. The maximum Gasteiger partial charge on any atom is 0.250 e. The summed E-state index contributed by atoms with van der Waals surface area (Å²) in [4.78, 5) is 14.9. The van der Waals surface area contributed by atoms with Gasteiger partial charge >= 0.3 is 0 Å². The van der Waals surface area contributed by atoms with Crippen LogP contribution in [-0.4, -0.2) is 21.1 Å². The smallest absolute Gasteiger partial charge is 0.250 e. The molecule has 0 aliphatic carbocycles. The van der Waals surface area contributed by atoms with Gasteiger partial charge in [0.25, 0.3) is 5.91 Å². The minimum absolute atomic E-state index is 0.216. The van der Waals surface area contributed by atoms with Crippen LogP contribution in [0.3, 0.4) is 0 Å². The Morgan fingerprint density at radius 1 is 0.962 bits per heavy atom. The fraction of sp³-hybridized carbons (Fsp3) is 0.0952. The zero-order valence-electron chi connectivity index (χ0n) is 14.6. The largest absolute Gasteiger partial charge is 0.504 e. The molecule has 4 rings (SSSR count). The number of hydrogen-bond donors (Lipinski definition) is 4.